The highest BCUT2D eigenvalue weighted by Crippen LogP contribution is 2.77. The molecule has 1 spiro atoms. The Morgan fingerprint density at radius 1 is 1.57 bits per heavy atom. The molecule has 1 N–H and O–H groups in total. The molecule has 0 unspecified atom stereocenters. The Morgan fingerprint density at radius 2 is 2.29 bits per heavy atom. The van der Waals surface area contributed by atoms with E-state index in [1.165, 1.54) is 0 Å². The molecule has 0 aromatic rings. The number of aliphatic hydroxyl groups excluding tert-OH is 1. The van der Waals surface area contributed by atoms with Gasteiger partial charge in [0, 0.05) is 11.3 Å². The van der Waals surface area contributed by atoms with E-state index in [0.717, 1.165) is 12.8 Å². The normalized spacial score (nSPS) is 51.1. The third kappa shape index (κ3) is 0.667. The summed E-state index contributed by atoms with van der Waals surface area (Å²) in [4.78, 5) is -0.756. The molecule has 2 bridgehead atoms. The largest absolute Gasteiger partial charge is 0.395 e. The van der Waals surface area contributed by atoms with Crippen LogP contribution in [0.5, 0.6) is 0 Å². The van der Waals surface area contributed by atoms with E-state index in [2.05, 4.69) is 18.2 Å². The lowest BCUT2D eigenvalue weighted by Crippen LogP contribution is -2.28. The standard InChI is InChI=1S/C11H12ClNO/c12-11(6-13)5-9(7-14)2-1-8(11)10(9)3-4-10/h1-2,8,14H,3-5,7H2/t8-,9-,11-/m0/s1. The summed E-state index contributed by atoms with van der Waals surface area (Å²) in [6.45, 7) is 0.135. The average Bonchev–Trinajstić information content (AvgIpc) is 2.88. The van der Waals surface area contributed by atoms with Gasteiger partial charge in [0.25, 0.3) is 0 Å². The topological polar surface area (TPSA) is 44.0 Å². The van der Waals surface area contributed by atoms with Gasteiger partial charge in [-0.1, -0.05) is 12.2 Å². The van der Waals surface area contributed by atoms with Crippen LogP contribution in [-0.4, -0.2) is 16.6 Å². The zero-order chi connectivity index (χ0) is 10.0. The van der Waals surface area contributed by atoms with Gasteiger partial charge in [-0.3, -0.25) is 0 Å². The average molecular weight is 210 g/mol. The van der Waals surface area contributed by atoms with Crippen LogP contribution < -0.4 is 0 Å². The Kier molecular flexibility index (Phi) is 1.36. The fraction of sp³-hybridized carbons (Fsp3) is 0.727. The van der Waals surface area contributed by atoms with Crippen molar-refractivity contribution in [1.29, 1.82) is 5.26 Å². The number of alkyl halides is 1. The van der Waals surface area contributed by atoms with Gasteiger partial charge >= 0.3 is 0 Å². The summed E-state index contributed by atoms with van der Waals surface area (Å²) in [5, 5.41) is 18.6. The van der Waals surface area contributed by atoms with Gasteiger partial charge in [0.1, 0.15) is 4.87 Å². The van der Waals surface area contributed by atoms with Crippen LogP contribution in [0.25, 0.3) is 0 Å². The molecule has 3 aliphatic rings. The van der Waals surface area contributed by atoms with Crippen LogP contribution in [0.4, 0.5) is 0 Å². The minimum atomic E-state index is -0.756. The first-order chi connectivity index (χ1) is 6.62. The van der Waals surface area contributed by atoms with E-state index in [0.29, 0.717) is 6.42 Å². The van der Waals surface area contributed by atoms with E-state index in [-0.39, 0.29) is 23.4 Å². The number of rotatable bonds is 1. The van der Waals surface area contributed by atoms with Crippen molar-refractivity contribution in [1.82, 2.24) is 0 Å². The molecule has 0 heterocycles. The van der Waals surface area contributed by atoms with Crippen molar-refractivity contribution in [3.63, 3.8) is 0 Å². The molecule has 3 atom stereocenters. The number of nitriles is 1. The lowest BCUT2D eigenvalue weighted by atomic mass is 9.78. The van der Waals surface area contributed by atoms with Crippen molar-refractivity contribution < 1.29 is 5.11 Å². The molecular weight excluding hydrogens is 198 g/mol. The molecule has 0 aromatic carbocycles. The molecule has 2 fully saturated rings. The van der Waals surface area contributed by atoms with Gasteiger partial charge in [-0.2, -0.15) is 5.26 Å². The summed E-state index contributed by atoms with van der Waals surface area (Å²) in [5.41, 5.74) is -0.0472. The van der Waals surface area contributed by atoms with E-state index < -0.39 is 4.87 Å². The second-order valence-electron chi connectivity index (χ2n) is 4.96. The van der Waals surface area contributed by atoms with E-state index in [1.807, 2.05) is 0 Å². The van der Waals surface area contributed by atoms with E-state index >= 15 is 0 Å². The van der Waals surface area contributed by atoms with Crippen molar-refractivity contribution in [2.24, 2.45) is 16.7 Å². The predicted octanol–water partition coefficient (Wildman–Crippen LogP) is 1.84. The lowest BCUT2D eigenvalue weighted by Gasteiger charge is -2.28. The van der Waals surface area contributed by atoms with E-state index in [4.69, 9.17) is 16.9 Å². The molecule has 74 valence electrons. The maximum atomic E-state index is 9.53. The molecule has 3 heteroatoms. The van der Waals surface area contributed by atoms with Gasteiger partial charge < -0.3 is 5.11 Å². The van der Waals surface area contributed by atoms with Crippen LogP contribution in [0.1, 0.15) is 19.3 Å². The van der Waals surface area contributed by atoms with Crippen molar-refractivity contribution in [2.45, 2.75) is 24.1 Å². The van der Waals surface area contributed by atoms with Crippen LogP contribution in [0, 0.1) is 28.1 Å². The summed E-state index contributed by atoms with van der Waals surface area (Å²) in [6, 6.07) is 2.23. The molecular formula is C11H12ClNO. The molecule has 0 radical (unpaired) electrons. The summed E-state index contributed by atoms with van der Waals surface area (Å²) >= 11 is 6.32. The molecule has 0 aliphatic heterocycles. The van der Waals surface area contributed by atoms with Gasteiger partial charge in [-0.15, -0.1) is 11.6 Å². The first kappa shape index (κ1) is 8.76. The monoisotopic (exact) mass is 209 g/mol. The third-order valence-electron chi connectivity index (χ3n) is 4.52. The third-order valence-corrected chi connectivity index (χ3v) is 4.97. The number of allylic oxidation sites excluding steroid dienone is 1. The summed E-state index contributed by atoms with van der Waals surface area (Å²) in [6.07, 6.45) is 7.00. The smallest absolute Gasteiger partial charge is 0.138 e. The molecule has 3 rings (SSSR count). The fourth-order valence-electron chi connectivity index (χ4n) is 3.65. The Balaban J connectivity index is 2.13. The number of nitrogens with zero attached hydrogens (tertiary/aromatic N) is 1. The lowest BCUT2D eigenvalue weighted by molar-refractivity contribution is 0.118. The van der Waals surface area contributed by atoms with E-state index in [1.54, 1.807) is 0 Å². The van der Waals surface area contributed by atoms with Crippen LogP contribution in [0.15, 0.2) is 12.2 Å². The second kappa shape index (κ2) is 2.18. The Morgan fingerprint density at radius 3 is 2.71 bits per heavy atom. The Labute approximate surface area is 88.2 Å². The van der Waals surface area contributed by atoms with Crippen LogP contribution in [-0.2, 0) is 0 Å². The van der Waals surface area contributed by atoms with Crippen molar-refractivity contribution in [2.75, 3.05) is 6.61 Å². The van der Waals surface area contributed by atoms with Crippen molar-refractivity contribution in [3.8, 4) is 6.07 Å². The number of aliphatic hydroxyl groups is 1. The Hall–Kier alpha value is -0.520. The van der Waals surface area contributed by atoms with Gasteiger partial charge in [-0.05, 0) is 24.7 Å². The van der Waals surface area contributed by atoms with Crippen molar-refractivity contribution in [3.05, 3.63) is 12.2 Å². The summed E-state index contributed by atoms with van der Waals surface area (Å²) in [7, 11) is 0. The number of hydrogen-bond acceptors (Lipinski definition) is 2. The zero-order valence-corrected chi connectivity index (χ0v) is 8.59. The highest BCUT2D eigenvalue weighted by Gasteiger charge is 2.75. The minimum Gasteiger partial charge on any atom is -0.395 e. The fourth-order valence-corrected chi connectivity index (χ4v) is 4.17. The SMILES string of the molecule is N#C[C@@]1(Cl)C[C@]2(CO)C=C[C@H]1C21CC1. The predicted molar refractivity (Wildman–Crippen MR) is 52.6 cm³/mol. The summed E-state index contributed by atoms with van der Waals surface area (Å²) in [5.74, 6) is 0.161. The molecule has 0 aromatic heterocycles. The number of hydrogen-bond donors (Lipinski definition) is 1. The zero-order valence-electron chi connectivity index (χ0n) is 7.83. The maximum absolute atomic E-state index is 9.53. The van der Waals surface area contributed by atoms with Crippen LogP contribution >= 0.6 is 11.6 Å². The molecule has 2 nitrogen and oxygen atoms in total. The van der Waals surface area contributed by atoms with Crippen molar-refractivity contribution >= 4 is 11.6 Å². The van der Waals surface area contributed by atoms with Gasteiger partial charge in [0.05, 0.1) is 12.7 Å². The minimum absolute atomic E-state index is 0.135. The van der Waals surface area contributed by atoms with Gasteiger partial charge in [0.15, 0.2) is 0 Å². The molecule has 0 amide bonds. The molecule has 2 saturated carbocycles. The summed E-state index contributed by atoms with van der Waals surface area (Å²) < 4.78 is 0. The quantitative estimate of drug-likeness (QED) is 0.529. The van der Waals surface area contributed by atoms with E-state index in [9.17, 15) is 5.11 Å². The highest BCUT2D eigenvalue weighted by atomic mass is 35.5. The molecule has 0 saturated heterocycles. The molecule has 14 heavy (non-hydrogen) atoms. The van der Waals surface area contributed by atoms with Crippen LogP contribution in [0.3, 0.4) is 0 Å². The Bertz CT molecular complexity index is 368. The maximum Gasteiger partial charge on any atom is 0.138 e. The first-order valence-corrected chi connectivity index (χ1v) is 5.41. The second-order valence-corrected chi connectivity index (χ2v) is 5.63. The highest BCUT2D eigenvalue weighted by molar-refractivity contribution is 6.26. The molecule has 3 aliphatic carbocycles. The van der Waals surface area contributed by atoms with Gasteiger partial charge in [0.2, 0.25) is 0 Å². The number of halogens is 1. The van der Waals surface area contributed by atoms with Crippen LogP contribution in [0.2, 0.25) is 0 Å². The van der Waals surface area contributed by atoms with Gasteiger partial charge in [-0.25, -0.2) is 0 Å². The first-order valence-electron chi connectivity index (χ1n) is 5.03.